The molecule has 0 aromatic carbocycles. The summed E-state index contributed by atoms with van der Waals surface area (Å²) < 4.78 is 9.93. The highest BCUT2D eigenvalue weighted by molar-refractivity contribution is 5.69. The van der Waals surface area contributed by atoms with Crippen LogP contribution in [-0.2, 0) is 14.3 Å². The third kappa shape index (κ3) is 7.65. The summed E-state index contributed by atoms with van der Waals surface area (Å²) in [6.07, 6.45) is 2.32. The zero-order chi connectivity index (χ0) is 12.6. The molecule has 0 N–H and O–H groups in total. The Morgan fingerprint density at radius 1 is 1.25 bits per heavy atom. The summed E-state index contributed by atoms with van der Waals surface area (Å²) in [6.45, 7) is 6.04. The Kier molecular flexibility index (Phi) is 7.34. The number of carbonyl (C=O) groups is 1. The van der Waals surface area contributed by atoms with Gasteiger partial charge in [0.05, 0.1) is 12.7 Å². The fourth-order valence-electron chi connectivity index (χ4n) is 1.27. The molecular formula is C12H25NO3. The number of esters is 1. The highest BCUT2D eigenvalue weighted by atomic mass is 16.5. The van der Waals surface area contributed by atoms with Crippen molar-refractivity contribution in [2.45, 2.75) is 38.7 Å². The molecule has 0 unspecified atom stereocenters. The van der Waals surface area contributed by atoms with Crippen molar-refractivity contribution in [1.29, 1.82) is 0 Å². The van der Waals surface area contributed by atoms with Crippen LogP contribution in [0.15, 0.2) is 0 Å². The molecule has 0 saturated carbocycles. The minimum atomic E-state index is -0.134. The Hall–Kier alpha value is -0.610. The van der Waals surface area contributed by atoms with Crippen LogP contribution in [0.2, 0.25) is 0 Å². The van der Waals surface area contributed by atoms with Gasteiger partial charge in [-0.25, -0.2) is 0 Å². The maximum Gasteiger partial charge on any atom is 0.305 e. The summed E-state index contributed by atoms with van der Waals surface area (Å²) in [4.78, 5) is 13.1. The van der Waals surface area contributed by atoms with Gasteiger partial charge in [-0.2, -0.15) is 0 Å². The van der Waals surface area contributed by atoms with Crippen molar-refractivity contribution in [1.82, 2.24) is 4.90 Å². The molecule has 0 aromatic heterocycles. The molecule has 0 bridgehead atoms. The molecule has 16 heavy (non-hydrogen) atoms. The third-order valence-corrected chi connectivity index (χ3v) is 2.80. The van der Waals surface area contributed by atoms with Gasteiger partial charge < -0.3 is 14.4 Å². The van der Waals surface area contributed by atoms with E-state index in [0.29, 0.717) is 6.42 Å². The van der Waals surface area contributed by atoms with E-state index in [1.54, 1.807) is 7.11 Å². The van der Waals surface area contributed by atoms with Crippen molar-refractivity contribution < 1.29 is 14.3 Å². The Balaban J connectivity index is 3.59. The van der Waals surface area contributed by atoms with E-state index in [4.69, 9.17) is 4.74 Å². The van der Waals surface area contributed by atoms with Crippen molar-refractivity contribution in [2.75, 3.05) is 34.4 Å². The molecule has 4 nitrogen and oxygen atoms in total. The van der Waals surface area contributed by atoms with Crippen LogP contribution in [0.3, 0.4) is 0 Å². The summed E-state index contributed by atoms with van der Waals surface area (Å²) in [5.74, 6) is -0.134. The maximum absolute atomic E-state index is 10.9. The van der Waals surface area contributed by atoms with Crippen LogP contribution in [0, 0.1) is 0 Å². The number of ether oxygens (including phenoxy) is 2. The predicted octanol–water partition coefficient (Wildman–Crippen LogP) is 1.69. The lowest BCUT2D eigenvalue weighted by atomic mass is 10.1. The van der Waals surface area contributed by atoms with Crippen molar-refractivity contribution in [3.63, 3.8) is 0 Å². The minimum absolute atomic E-state index is 0.0728. The van der Waals surface area contributed by atoms with Gasteiger partial charge in [0.25, 0.3) is 0 Å². The van der Waals surface area contributed by atoms with Crippen LogP contribution in [0.5, 0.6) is 0 Å². The van der Waals surface area contributed by atoms with Gasteiger partial charge in [-0.15, -0.1) is 0 Å². The van der Waals surface area contributed by atoms with Crippen molar-refractivity contribution in [2.24, 2.45) is 0 Å². The number of carbonyl (C=O) groups excluding carboxylic acids is 1. The molecule has 4 heteroatoms. The topological polar surface area (TPSA) is 38.8 Å². The molecule has 0 aliphatic heterocycles. The second-order valence-electron chi connectivity index (χ2n) is 4.70. The number of nitrogens with zero attached hydrogens (tertiary/aromatic N) is 1. The molecule has 0 saturated heterocycles. The van der Waals surface area contributed by atoms with Gasteiger partial charge in [-0.1, -0.05) is 0 Å². The second-order valence-corrected chi connectivity index (χ2v) is 4.70. The van der Waals surface area contributed by atoms with E-state index in [1.165, 1.54) is 7.11 Å². The molecule has 96 valence electrons. The Labute approximate surface area is 98.9 Å². The van der Waals surface area contributed by atoms with Gasteiger partial charge in [0.1, 0.15) is 0 Å². The van der Waals surface area contributed by atoms with E-state index in [9.17, 15) is 4.79 Å². The molecule has 0 spiro atoms. The SMILES string of the molecule is COC(=O)CCCN(C)CCC(C)(C)OC. The van der Waals surface area contributed by atoms with Crippen LogP contribution < -0.4 is 0 Å². The average molecular weight is 231 g/mol. The lowest BCUT2D eigenvalue weighted by Gasteiger charge is -2.26. The van der Waals surface area contributed by atoms with Crippen molar-refractivity contribution >= 4 is 5.97 Å². The quantitative estimate of drug-likeness (QED) is 0.596. The molecule has 0 heterocycles. The summed E-state index contributed by atoms with van der Waals surface area (Å²) in [6, 6.07) is 0. The zero-order valence-corrected chi connectivity index (χ0v) is 11.2. The summed E-state index contributed by atoms with van der Waals surface area (Å²) in [7, 11) is 5.22. The van der Waals surface area contributed by atoms with Gasteiger partial charge >= 0.3 is 5.97 Å². The molecular weight excluding hydrogens is 206 g/mol. The fraction of sp³-hybridized carbons (Fsp3) is 0.917. The molecule has 0 aliphatic rings. The van der Waals surface area contributed by atoms with Crippen LogP contribution in [0.4, 0.5) is 0 Å². The molecule has 0 atom stereocenters. The summed E-state index contributed by atoms with van der Waals surface area (Å²) >= 11 is 0. The molecule has 0 aliphatic carbocycles. The van der Waals surface area contributed by atoms with Gasteiger partial charge in [-0.05, 0) is 40.3 Å². The normalized spacial score (nSPS) is 11.9. The highest BCUT2D eigenvalue weighted by Gasteiger charge is 2.16. The number of hydrogen-bond acceptors (Lipinski definition) is 4. The fourth-order valence-corrected chi connectivity index (χ4v) is 1.27. The monoisotopic (exact) mass is 231 g/mol. The van der Waals surface area contributed by atoms with Gasteiger partial charge in [0.15, 0.2) is 0 Å². The van der Waals surface area contributed by atoms with E-state index in [0.717, 1.165) is 25.9 Å². The summed E-state index contributed by atoms with van der Waals surface area (Å²) in [5.41, 5.74) is -0.0728. The minimum Gasteiger partial charge on any atom is -0.469 e. The van der Waals surface area contributed by atoms with E-state index in [1.807, 2.05) is 0 Å². The lowest BCUT2D eigenvalue weighted by Crippen LogP contribution is -2.30. The largest absolute Gasteiger partial charge is 0.469 e. The molecule has 0 amide bonds. The van der Waals surface area contributed by atoms with Gasteiger partial charge in [0.2, 0.25) is 0 Å². The first-order chi connectivity index (χ1) is 7.41. The van der Waals surface area contributed by atoms with E-state index < -0.39 is 0 Å². The highest BCUT2D eigenvalue weighted by Crippen LogP contribution is 2.13. The Bertz CT molecular complexity index is 204. The van der Waals surface area contributed by atoms with Crippen LogP contribution in [0.25, 0.3) is 0 Å². The smallest absolute Gasteiger partial charge is 0.305 e. The Morgan fingerprint density at radius 2 is 1.88 bits per heavy atom. The standard InChI is InChI=1S/C12H25NO3/c1-12(2,16-5)8-10-13(3)9-6-7-11(14)15-4/h6-10H2,1-5H3. The van der Waals surface area contributed by atoms with Crippen LogP contribution in [-0.4, -0.2) is 50.8 Å². The molecule has 0 radical (unpaired) electrons. The third-order valence-electron chi connectivity index (χ3n) is 2.80. The van der Waals surface area contributed by atoms with Gasteiger partial charge in [0, 0.05) is 20.1 Å². The number of hydrogen-bond donors (Lipinski definition) is 0. The molecule has 0 aromatic rings. The first-order valence-electron chi connectivity index (χ1n) is 5.72. The average Bonchev–Trinajstić information content (AvgIpc) is 2.26. The first kappa shape index (κ1) is 15.4. The number of methoxy groups -OCH3 is 2. The number of rotatable bonds is 8. The predicted molar refractivity (Wildman–Crippen MR) is 64.5 cm³/mol. The lowest BCUT2D eigenvalue weighted by molar-refractivity contribution is -0.140. The first-order valence-corrected chi connectivity index (χ1v) is 5.72. The summed E-state index contributed by atoms with van der Waals surface area (Å²) in [5, 5.41) is 0. The van der Waals surface area contributed by atoms with E-state index >= 15 is 0 Å². The van der Waals surface area contributed by atoms with Crippen LogP contribution >= 0.6 is 0 Å². The van der Waals surface area contributed by atoms with E-state index in [2.05, 4.69) is 30.5 Å². The zero-order valence-electron chi connectivity index (χ0n) is 11.2. The second kappa shape index (κ2) is 7.63. The van der Waals surface area contributed by atoms with Crippen molar-refractivity contribution in [3.8, 4) is 0 Å². The molecule has 0 fully saturated rings. The maximum atomic E-state index is 10.9. The van der Waals surface area contributed by atoms with E-state index in [-0.39, 0.29) is 11.6 Å². The Morgan fingerprint density at radius 3 is 2.38 bits per heavy atom. The molecule has 0 rings (SSSR count). The van der Waals surface area contributed by atoms with Crippen LogP contribution in [0.1, 0.15) is 33.1 Å². The van der Waals surface area contributed by atoms with Gasteiger partial charge in [-0.3, -0.25) is 4.79 Å². The van der Waals surface area contributed by atoms with Crippen molar-refractivity contribution in [3.05, 3.63) is 0 Å².